The Kier molecular flexibility index (Phi) is 7.83. The predicted octanol–water partition coefficient (Wildman–Crippen LogP) is 4.76. The lowest BCUT2D eigenvalue weighted by molar-refractivity contribution is -0.129. The molecule has 162 valence electrons. The lowest BCUT2D eigenvalue weighted by Gasteiger charge is -2.31. The molecule has 6 nitrogen and oxygen atoms in total. The monoisotopic (exact) mass is 441 g/mol. The second-order valence-corrected chi connectivity index (χ2v) is 8.01. The summed E-state index contributed by atoms with van der Waals surface area (Å²) >= 11 is 1.20. The van der Waals surface area contributed by atoms with E-state index in [2.05, 4.69) is 16.9 Å². The molecule has 31 heavy (non-hydrogen) atoms. The van der Waals surface area contributed by atoms with Gasteiger partial charge in [0.1, 0.15) is 16.8 Å². The molecule has 1 aliphatic rings. The molecule has 1 atom stereocenters. The molecule has 1 N–H and O–H groups in total. The van der Waals surface area contributed by atoms with Crippen molar-refractivity contribution in [1.82, 2.24) is 4.90 Å². The van der Waals surface area contributed by atoms with Crippen molar-refractivity contribution in [1.29, 1.82) is 0 Å². The van der Waals surface area contributed by atoms with Crippen LogP contribution in [0.2, 0.25) is 0 Å². The Morgan fingerprint density at radius 3 is 2.65 bits per heavy atom. The molecule has 0 aromatic heterocycles. The highest BCUT2D eigenvalue weighted by atomic mass is 32.2. The molecule has 1 saturated heterocycles. The highest BCUT2D eigenvalue weighted by Gasteiger charge is 2.35. The maximum Gasteiger partial charge on any atom is 0.238 e. The Balaban J connectivity index is 1.73. The Morgan fingerprint density at radius 2 is 2.00 bits per heavy atom. The number of hydrogen-bond donors (Lipinski definition) is 1. The molecule has 1 fully saturated rings. The Morgan fingerprint density at radius 1 is 1.29 bits per heavy atom. The van der Waals surface area contributed by atoms with Crippen molar-refractivity contribution in [3.05, 3.63) is 67.0 Å². The first-order valence-electron chi connectivity index (χ1n) is 9.96. The van der Waals surface area contributed by atoms with Gasteiger partial charge in [-0.05, 0) is 55.0 Å². The number of ether oxygens (including phenoxy) is 1. The summed E-state index contributed by atoms with van der Waals surface area (Å²) in [7, 11) is 0. The van der Waals surface area contributed by atoms with Gasteiger partial charge >= 0.3 is 0 Å². The molecular formula is C23H24FN3O3S. The summed E-state index contributed by atoms with van der Waals surface area (Å²) < 4.78 is 18.7. The molecular weight excluding hydrogens is 417 g/mol. The molecule has 2 aromatic carbocycles. The zero-order valence-electron chi connectivity index (χ0n) is 17.2. The normalized spacial score (nSPS) is 17.5. The van der Waals surface area contributed by atoms with Crippen LogP contribution < -0.4 is 10.1 Å². The number of halogens is 1. The number of hydrogen-bond acceptors (Lipinski definition) is 5. The zero-order valence-corrected chi connectivity index (χ0v) is 18.0. The molecule has 2 amide bonds. The minimum absolute atomic E-state index is 0.0461. The number of thioether (sulfide) groups is 1. The van der Waals surface area contributed by atoms with Crippen molar-refractivity contribution in [2.45, 2.75) is 25.0 Å². The van der Waals surface area contributed by atoms with Gasteiger partial charge < -0.3 is 10.1 Å². The number of amidine groups is 1. The molecule has 0 bridgehead atoms. The van der Waals surface area contributed by atoms with Crippen LogP contribution in [0.5, 0.6) is 5.75 Å². The van der Waals surface area contributed by atoms with E-state index in [1.54, 1.807) is 30.3 Å². The summed E-state index contributed by atoms with van der Waals surface area (Å²) in [5, 5.41) is 2.59. The Bertz CT molecular complexity index is 961. The van der Waals surface area contributed by atoms with E-state index in [1.807, 2.05) is 6.92 Å². The van der Waals surface area contributed by atoms with Gasteiger partial charge in [-0.25, -0.2) is 9.38 Å². The Labute approximate surface area is 185 Å². The molecule has 1 unspecified atom stereocenters. The summed E-state index contributed by atoms with van der Waals surface area (Å²) in [4.78, 5) is 31.4. The van der Waals surface area contributed by atoms with Gasteiger partial charge in [0.05, 0.1) is 12.3 Å². The SMILES string of the molecule is C=CCN1C(=O)CC(C(=O)Nc2ccc(OCCC)cc2)SC1=Nc1ccc(F)cc1. The van der Waals surface area contributed by atoms with Gasteiger partial charge in [0, 0.05) is 18.7 Å². The predicted molar refractivity (Wildman–Crippen MR) is 122 cm³/mol. The first-order chi connectivity index (χ1) is 15.0. The lowest BCUT2D eigenvalue weighted by Crippen LogP contribution is -2.45. The number of carbonyl (C=O) groups is 2. The van der Waals surface area contributed by atoms with Crippen LogP contribution in [0.1, 0.15) is 19.8 Å². The van der Waals surface area contributed by atoms with Crippen LogP contribution in [0.25, 0.3) is 0 Å². The molecule has 2 aromatic rings. The van der Waals surface area contributed by atoms with Crippen LogP contribution in [0.15, 0.2) is 66.2 Å². The topological polar surface area (TPSA) is 71.0 Å². The van der Waals surface area contributed by atoms with Gasteiger partial charge in [0.15, 0.2) is 5.17 Å². The van der Waals surface area contributed by atoms with E-state index in [4.69, 9.17) is 4.74 Å². The number of amides is 2. The fraction of sp³-hybridized carbons (Fsp3) is 0.261. The Hall–Kier alpha value is -3.13. The minimum atomic E-state index is -0.635. The van der Waals surface area contributed by atoms with Gasteiger partial charge in [-0.15, -0.1) is 6.58 Å². The molecule has 0 saturated carbocycles. The number of aliphatic imine (C=N–C) groups is 1. The largest absolute Gasteiger partial charge is 0.494 e. The second kappa shape index (κ2) is 10.8. The van der Waals surface area contributed by atoms with E-state index in [0.717, 1.165) is 12.2 Å². The summed E-state index contributed by atoms with van der Waals surface area (Å²) in [6.45, 7) is 6.62. The molecule has 1 heterocycles. The van der Waals surface area contributed by atoms with Crippen LogP contribution in [0, 0.1) is 5.82 Å². The van der Waals surface area contributed by atoms with Crippen molar-refractivity contribution in [2.75, 3.05) is 18.5 Å². The van der Waals surface area contributed by atoms with Crippen molar-refractivity contribution < 1.29 is 18.7 Å². The smallest absolute Gasteiger partial charge is 0.238 e. The molecule has 1 aliphatic heterocycles. The van der Waals surface area contributed by atoms with E-state index in [-0.39, 0.29) is 30.6 Å². The summed E-state index contributed by atoms with van der Waals surface area (Å²) in [5.41, 5.74) is 1.11. The summed E-state index contributed by atoms with van der Waals surface area (Å²) in [5.74, 6) is -0.146. The molecule has 0 radical (unpaired) electrons. The van der Waals surface area contributed by atoms with Gasteiger partial charge in [0.2, 0.25) is 11.8 Å². The third-order valence-corrected chi connectivity index (χ3v) is 5.58. The van der Waals surface area contributed by atoms with E-state index >= 15 is 0 Å². The van der Waals surface area contributed by atoms with Crippen LogP contribution in [0.4, 0.5) is 15.8 Å². The van der Waals surface area contributed by atoms with E-state index < -0.39 is 5.25 Å². The first kappa shape index (κ1) is 22.6. The van der Waals surface area contributed by atoms with E-state index in [0.29, 0.717) is 23.1 Å². The van der Waals surface area contributed by atoms with Crippen LogP contribution in [-0.4, -0.2) is 40.3 Å². The first-order valence-corrected chi connectivity index (χ1v) is 10.8. The fourth-order valence-corrected chi connectivity index (χ4v) is 3.96. The third-order valence-electron chi connectivity index (χ3n) is 4.39. The second-order valence-electron chi connectivity index (χ2n) is 6.84. The number of nitrogens with one attached hydrogen (secondary N) is 1. The van der Waals surface area contributed by atoms with Crippen LogP contribution in [-0.2, 0) is 9.59 Å². The van der Waals surface area contributed by atoms with Crippen molar-refractivity contribution >= 4 is 40.1 Å². The maximum absolute atomic E-state index is 13.2. The zero-order chi connectivity index (χ0) is 22.2. The van der Waals surface area contributed by atoms with Crippen molar-refractivity contribution in [2.24, 2.45) is 4.99 Å². The average molecular weight is 442 g/mol. The maximum atomic E-state index is 13.2. The van der Waals surface area contributed by atoms with Crippen molar-refractivity contribution in [3.8, 4) is 5.75 Å². The number of carbonyl (C=O) groups excluding carboxylic acids is 2. The number of benzene rings is 2. The quantitative estimate of drug-likeness (QED) is 0.600. The lowest BCUT2D eigenvalue weighted by atomic mass is 10.2. The standard InChI is InChI=1S/C23H24FN3O3S/c1-3-13-27-21(28)15-20(31-23(27)26-18-7-5-16(24)6-8-18)22(29)25-17-9-11-19(12-10-17)30-14-4-2/h3,5-12,20H,1,4,13-15H2,2H3,(H,25,29). The van der Waals surface area contributed by atoms with Gasteiger partial charge in [-0.1, -0.05) is 24.8 Å². The summed E-state index contributed by atoms with van der Waals surface area (Å²) in [6, 6.07) is 12.7. The molecule has 0 spiro atoms. The van der Waals surface area contributed by atoms with Crippen LogP contribution in [0.3, 0.4) is 0 Å². The van der Waals surface area contributed by atoms with E-state index in [9.17, 15) is 14.0 Å². The number of rotatable bonds is 8. The molecule has 0 aliphatic carbocycles. The molecule has 8 heteroatoms. The third kappa shape index (κ3) is 6.18. The molecule has 3 rings (SSSR count). The average Bonchev–Trinajstić information content (AvgIpc) is 2.77. The van der Waals surface area contributed by atoms with Gasteiger partial charge in [-0.3, -0.25) is 14.5 Å². The van der Waals surface area contributed by atoms with Crippen LogP contribution >= 0.6 is 11.8 Å². The highest BCUT2D eigenvalue weighted by Crippen LogP contribution is 2.30. The van der Waals surface area contributed by atoms with Gasteiger partial charge in [0.25, 0.3) is 0 Å². The van der Waals surface area contributed by atoms with Gasteiger partial charge in [-0.2, -0.15) is 0 Å². The minimum Gasteiger partial charge on any atom is -0.494 e. The summed E-state index contributed by atoms with van der Waals surface area (Å²) in [6.07, 6.45) is 2.56. The fourth-order valence-electron chi connectivity index (χ4n) is 2.85. The van der Waals surface area contributed by atoms with Crippen molar-refractivity contribution in [3.63, 3.8) is 0 Å². The number of nitrogens with zero attached hydrogens (tertiary/aromatic N) is 2. The number of anilines is 1. The highest BCUT2D eigenvalue weighted by molar-refractivity contribution is 8.15. The van der Waals surface area contributed by atoms with E-state index in [1.165, 1.54) is 40.9 Å².